The van der Waals surface area contributed by atoms with Crippen LogP contribution >= 0.6 is 0 Å². The Bertz CT molecular complexity index is 922. The summed E-state index contributed by atoms with van der Waals surface area (Å²) in [5, 5.41) is 10.8. The second-order valence-corrected chi connectivity index (χ2v) is 5.49. The number of primary amides is 1. The maximum absolute atomic E-state index is 11.4. The summed E-state index contributed by atoms with van der Waals surface area (Å²) in [4.78, 5) is 22.8. The zero-order valence-electron chi connectivity index (χ0n) is 13.2. The second-order valence-electron chi connectivity index (χ2n) is 5.49. The standard InChI is InChI=1S/C19H16N2O4/c20-19(23)25-17(13-6-8-14(9-7-13)18(22)21-24)16-10-5-12-3-1-2-4-15(12)11-16/h1-11,17,24H,(H2,20,23)(H,21,22). The van der Waals surface area contributed by atoms with Crippen molar-refractivity contribution in [2.75, 3.05) is 0 Å². The second kappa shape index (κ2) is 7.02. The minimum atomic E-state index is -0.893. The van der Waals surface area contributed by atoms with E-state index in [2.05, 4.69) is 0 Å². The monoisotopic (exact) mass is 336 g/mol. The van der Waals surface area contributed by atoms with E-state index in [1.165, 1.54) is 12.1 Å². The van der Waals surface area contributed by atoms with Gasteiger partial charge in [-0.25, -0.2) is 10.3 Å². The first kappa shape index (κ1) is 16.5. The number of carbonyl (C=O) groups is 2. The van der Waals surface area contributed by atoms with E-state index < -0.39 is 18.1 Å². The van der Waals surface area contributed by atoms with Crippen LogP contribution in [0, 0.1) is 0 Å². The summed E-state index contributed by atoms with van der Waals surface area (Å²) in [6.45, 7) is 0. The van der Waals surface area contributed by atoms with Crippen molar-refractivity contribution in [2.24, 2.45) is 5.73 Å². The molecule has 0 aliphatic carbocycles. The summed E-state index contributed by atoms with van der Waals surface area (Å²) in [7, 11) is 0. The highest BCUT2D eigenvalue weighted by atomic mass is 16.6. The van der Waals surface area contributed by atoms with Gasteiger partial charge in [0.25, 0.3) is 5.91 Å². The van der Waals surface area contributed by atoms with Crippen molar-refractivity contribution >= 4 is 22.8 Å². The van der Waals surface area contributed by atoms with Crippen molar-refractivity contribution in [1.29, 1.82) is 0 Å². The third-order valence-corrected chi connectivity index (χ3v) is 3.89. The number of hydrogen-bond donors (Lipinski definition) is 3. The van der Waals surface area contributed by atoms with Crippen molar-refractivity contribution in [2.45, 2.75) is 6.10 Å². The van der Waals surface area contributed by atoms with E-state index >= 15 is 0 Å². The molecule has 6 heteroatoms. The Morgan fingerprint density at radius 1 is 0.920 bits per heavy atom. The molecule has 0 heterocycles. The SMILES string of the molecule is NC(=O)OC(c1ccc(C(=O)NO)cc1)c1ccc2ccccc2c1. The molecule has 4 N–H and O–H groups in total. The number of amides is 2. The average Bonchev–Trinajstić information content (AvgIpc) is 2.65. The molecule has 3 aromatic rings. The molecule has 0 spiro atoms. The van der Waals surface area contributed by atoms with Gasteiger partial charge in [0.05, 0.1) is 0 Å². The van der Waals surface area contributed by atoms with E-state index in [1.807, 2.05) is 42.5 Å². The van der Waals surface area contributed by atoms with Crippen molar-refractivity contribution in [3.05, 3.63) is 83.4 Å². The van der Waals surface area contributed by atoms with Gasteiger partial charge in [-0.15, -0.1) is 0 Å². The molecule has 6 nitrogen and oxygen atoms in total. The lowest BCUT2D eigenvalue weighted by atomic mass is 9.97. The zero-order valence-corrected chi connectivity index (χ0v) is 13.2. The van der Waals surface area contributed by atoms with Crippen LogP contribution in [0.3, 0.4) is 0 Å². The van der Waals surface area contributed by atoms with Crippen LogP contribution in [0.2, 0.25) is 0 Å². The van der Waals surface area contributed by atoms with Crippen molar-refractivity contribution in [3.8, 4) is 0 Å². The Hall–Kier alpha value is -3.38. The first-order valence-corrected chi connectivity index (χ1v) is 7.57. The Kier molecular flexibility index (Phi) is 4.63. The minimum absolute atomic E-state index is 0.280. The summed E-state index contributed by atoms with van der Waals surface area (Å²) >= 11 is 0. The van der Waals surface area contributed by atoms with Gasteiger partial charge in [0, 0.05) is 5.56 Å². The molecule has 0 saturated carbocycles. The van der Waals surface area contributed by atoms with Gasteiger partial charge < -0.3 is 10.5 Å². The molecule has 0 fully saturated rings. The fourth-order valence-electron chi connectivity index (χ4n) is 2.69. The summed E-state index contributed by atoms with van der Waals surface area (Å²) in [6.07, 6.45) is -1.59. The number of nitrogens with two attached hydrogens (primary N) is 1. The lowest BCUT2D eigenvalue weighted by molar-refractivity contribution is 0.0706. The Balaban J connectivity index is 2.01. The third kappa shape index (κ3) is 3.59. The molecule has 126 valence electrons. The van der Waals surface area contributed by atoms with Gasteiger partial charge in [0.1, 0.15) is 0 Å². The van der Waals surface area contributed by atoms with Gasteiger partial charge in [-0.1, -0.05) is 48.5 Å². The summed E-state index contributed by atoms with van der Waals surface area (Å²) in [5.74, 6) is -0.621. The molecular formula is C19H16N2O4. The molecule has 3 aromatic carbocycles. The van der Waals surface area contributed by atoms with Crippen molar-refractivity contribution < 1.29 is 19.5 Å². The van der Waals surface area contributed by atoms with E-state index in [0.717, 1.165) is 16.3 Å². The normalized spacial score (nSPS) is 11.7. The van der Waals surface area contributed by atoms with Gasteiger partial charge in [-0.3, -0.25) is 10.0 Å². The van der Waals surface area contributed by atoms with Crippen LogP contribution in [0.15, 0.2) is 66.7 Å². The van der Waals surface area contributed by atoms with Gasteiger partial charge in [-0.2, -0.15) is 0 Å². The summed E-state index contributed by atoms with van der Waals surface area (Å²) in [6, 6.07) is 19.9. The highest BCUT2D eigenvalue weighted by Crippen LogP contribution is 2.29. The van der Waals surface area contributed by atoms with Gasteiger partial charge in [0.2, 0.25) is 0 Å². The predicted octanol–water partition coefficient (Wildman–Crippen LogP) is 3.14. The lowest BCUT2D eigenvalue weighted by Gasteiger charge is -2.18. The highest BCUT2D eigenvalue weighted by Gasteiger charge is 2.19. The quantitative estimate of drug-likeness (QED) is 0.503. The van der Waals surface area contributed by atoms with Gasteiger partial charge in [-0.05, 0) is 40.1 Å². The molecule has 0 saturated heterocycles. The van der Waals surface area contributed by atoms with Gasteiger partial charge >= 0.3 is 6.09 Å². The Morgan fingerprint density at radius 2 is 1.56 bits per heavy atom. The maximum Gasteiger partial charge on any atom is 0.405 e. The molecule has 0 aliphatic heterocycles. The largest absolute Gasteiger partial charge is 0.437 e. The topological polar surface area (TPSA) is 102 Å². The van der Waals surface area contributed by atoms with Crippen molar-refractivity contribution in [3.63, 3.8) is 0 Å². The number of carbonyl (C=O) groups excluding carboxylic acids is 2. The molecule has 0 radical (unpaired) electrons. The fourth-order valence-corrected chi connectivity index (χ4v) is 2.69. The summed E-state index contributed by atoms with van der Waals surface area (Å²) < 4.78 is 5.29. The lowest BCUT2D eigenvalue weighted by Crippen LogP contribution is -2.20. The first-order chi connectivity index (χ1) is 12.1. The molecule has 0 bridgehead atoms. The van der Waals surface area contributed by atoms with Crippen LogP contribution in [0.25, 0.3) is 10.8 Å². The number of hydrogen-bond acceptors (Lipinski definition) is 4. The van der Waals surface area contributed by atoms with E-state index in [0.29, 0.717) is 5.56 Å². The van der Waals surface area contributed by atoms with Crippen molar-refractivity contribution in [1.82, 2.24) is 5.48 Å². The average molecular weight is 336 g/mol. The van der Waals surface area contributed by atoms with E-state index in [-0.39, 0.29) is 5.56 Å². The molecular weight excluding hydrogens is 320 g/mol. The molecule has 2 amide bonds. The molecule has 0 aliphatic rings. The van der Waals surface area contributed by atoms with Crippen LogP contribution in [0.4, 0.5) is 4.79 Å². The number of ether oxygens (including phenoxy) is 1. The van der Waals surface area contributed by atoms with E-state index in [1.54, 1.807) is 17.6 Å². The first-order valence-electron chi connectivity index (χ1n) is 7.57. The summed E-state index contributed by atoms with van der Waals surface area (Å²) in [5.41, 5.74) is 8.49. The third-order valence-electron chi connectivity index (χ3n) is 3.89. The Labute approximate surface area is 143 Å². The highest BCUT2D eigenvalue weighted by molar-refractivity contribution is 5.93. The number of nitrogens with one attached hydrogen (secondary N) is 1. The van der Waals surface area contributed by atoms with Crippen LogP contribution in [0.5, 0.6) is 0 Å². The van der Waals surface area contributed by atoms with Crippen LogP contribution in [0.1, 0.15) is 27.6 Å². The minimum Gasteiger partial charge on any atom is -0.437 e. The van der Waals surface area contributed by atoms with Crippen LogP contribution in [-0.4, -0.2) is 17.2 Å². The molecule has 0 aromatic heterocycles. The number of rotatable bonds is 4. The smallest absolute Gasteiger partial charge is 0.405 e. The van der Waals surface area contributed by atoms with Gasteiger partial charge in [0.15, 0.2) is 6.10 Å². The van der Waals surface area contributed by atoms with Crippen LogP contribution in [-0.2, 0) is 4.74 Å². The number of fused-ring (bicyclic) bond motifs is 1. The maximum atomic E-state index is 11.4. The Morgan fingerprint density at radius 3 is 2.20 bits per heavy atom. The fraction of sp³-hybridized carbons (Fsp3) is 0.0526. The zero-order chi connectivity index (χ0) is 17.8. The molecule has 1 unspecified atom stereocenters. The molecule has 1 atom stereocenters. The van der Waals surface area contributed by atoms with E-state index in [9.17, 15) is 9.59 Å². The number of hydroxylamine groups is 1. The van der Waals surface area contributed by atoms with Crippen LogP contribution < -0.4 is 11.2 Å². The molecule has 3 rings (SSSR count). The van der Waals surface area contributed by atoms with E-state index in [4.69, 9.17) is 15.7 Å². The number of benzene rings is 3. The predicted molar refractivity (Wildman–Crippen MR) is 92.2 cm³/mol. The molecule has 25 heavy (non-hydrogen) atoms.